The maximum absolute atomic E-state index is 10.8. The molecular weight excluding hydrogens is 208 g/mol. The number of amides is 1. The summed E-state index contributed by atoms with van der Waals surface area (Å²) in [4.78, 5) is 10.8. The van der Waals surface area contributed by atoms with Crippen molar-refractivity contribution >= 4 is 12.5 Å². The Labute approximate surface area is 96.2 Å². The van der Waals surface area contributed by atoms with Gasteiger partial charge in [0.25, 0.3) is 0 Å². The zero-order chi connectivity index (χ0) is 11.8. The molecule has 1 amide bonds. The van der Waals surface area contributed by atoms with E-state index in [9.17, 15) is 4.79 Å². The zero-order valence-corrected chi connectivity index (χ0v) is 9.94. The Morgan fingerprint density at radius 2 is 2.25 bits per heavy atom. The van der Waals surface area contributed by atoms with Gasteiger partial charge in [-0.3, -0.25) is 0 Å². The van der Waals surface area contributed by atoms with Crippen LogP contribution in [0, 0.1) is 5.92 Å². The summed E-state index contributed by atoms with van der Waals surface area (Å²) in [6.07, 6.45) is 5.90. The molecule has 1 unspecified atom stereocenters. The highest BCUT2D eigenvalue weighted by atomic mass is 16.6. The molecule has 1 aliphatic rings. The lowest BCUT2D eigenvalue weighted by Gasteiger charge is -2.17. The molecule has 1 fully saturated rings. The molecule has 0 bridgehead atoms. The fourth-order valence-electron chi connectivity index (χ4n) is 1.91. The summed E-state index contributed by atoms with van der Waals surface area (Å²) in [6, 6.07) is 0. The Bertz CT molecular complexity index is 237. The van der Waals surface area contributed by atoms with Crippen molar-refractivity contribution in [3.05, 3.63) is 0 Å². The van der Waals surface area contributed by atoms with Crippen molar-refractivity contribution in [2.75, 3.05) is 6.61 Å². The van der Waals surface area contributed by atoms with Crippen molar-refractivity contribution in [3.63, 3.8) is 0 Å². The second-order valence-corrected chi connectivity index (χ2v) is 3.95. The molecule has 5 nitrogen and oxygen atoms in total. The first-order valence-electron chi connectivity index (χ1n) is 5.83. The third kappa shape index (κ3) is 4.51. The molecule has 0 radical (unpaired) electrons. The monoisotopic (exact) mass is 228 g/mol. The van der Waals surface area contributed by atoms with E-state index in [1.165, 1.54) is 32.1 Å². The molecule has 1 aliphatic carbocycles. The number of carbonyl (C=O) groups is 1. The average Bonchev–Trinajstić information content (AvgIpc) is 2.78. The normalized spacial score (nSPS) is 18.6. The quantitative estimate of drug-likeness (QED) is 0.446. The maximum Gasteiger partial charge on any atom is 0.427 e. The van der Waals surface area contributed by atoms with Crippen molar-refractivity contribution < 1.29 is 14.3 Å². The van der Waals surface area contributed by atoms with Gasteiger partial charge in [-0.25, -0.2) is 10.2 Å². The van der Waals surface area contributed by atoms with Gasteiger partial charge < -0.3 is 9.47 Å². The molecule has 1 N–H and O–H groups in total. The van der Waals surface area contributed by atoms with Gasteiger partial charge in [-0.05, 0) is 32.6 Å². The molecule has 1 saturated carbocycles. The van der Waals surface area contributed by atoms with Gasteiger partial charge in [-0.2, -0.15) is 0 Å². The van der Waals surface area contributed by atoms with E-state index in [0.717, 1.165) is 0 Å². The van der Waals surface area contributed by atoms with E-state index < -0.39 is 6.09 Å². The van der Waals surface area contributed by atoms with Crippen molar-refractivity contribution in [2.24, 2.45) is 11.0 Å². The minimum absolute atomic E-state index is 0.162. The third-order valence-corrected chi connectivity index (χ3v) is 2.82. The molecule has 0 aromatic carbocycles. The Hall–Kier alpha value is -1.26. The van der Waals surface area contributed by atoms with Gasteiger partial charge in [0.15, 0.2) is 6.40 Å². The fourth-order valence-corrected chi connectivity index (χ4v) is 1.91. The minimum Gasteiger partial charge on any atom is -0.479 e. The minimum atomic E-state index is -0.559. The van der Waals surface area contributed by atoms with E-state index >= 15 is 0 Å². The van der Waals surface area contributed by atoms with Crippen LogP contribution in [-0.2, 0) is 9.47 Å². The van der Waals surface area contributed by atoms with E-state index in [4.69, 9.17) is 4.74 Å². The van der Waals surface area contributed by atoms with Crippen LogP contribution in [0.25, 0.3) is 0 Å². The second kappa shape index (κ2) is 7.09. The Kier molecular flexibility index (Phi) is 5.67. The predicted octanol–water partition coefficient (Wildman–Crippen LogP) is 2.27. The first-order valence-corrected chi connectivity index (χ1v) is 5.83. The molecule has 1 rings (SSSR count). The highest BCUT2D eigenvalue weighted by Gasteiger charge is 2.21. The molecule has 0 aromatic heterocycles. The van der Waals surface area contributed by atoms with Crippen LogP contribution in [0.1, 0.15) is 39.5 Å². The summed E-state index contributed by atoms with van der Waals surface area (Å²) in [5.41, 5.74) is 2.21. The molecular formula is C11H20N2O3. The van der Waals surface area contributed by atoms with Crippen LogP contribution in [0.3, 0.4) is 0 Å². The lowest BCUT2D eigenvalue weighted by molar-refractivity contribution is 0.143. The molecule has 0 saturated heterocycles. The van der Waals surface area contributed by atoms with Crippen molar-refractivity contribution in [2.45, 2.75) is 45.6 Å². The average molecular weight is 228 g/mol. The van der Waals surface area contributed by atoms with Gasteiger partial charge in [0.2, 0.25) is 0 Å². The molecule has 1 atom stereocenters. The number of ether oxygens (including phenoxy) is 2. The van der Waals surface area contributed by atoms with E-state index in [0.29, 0.717) is 12.5 Å². The highest BCUT2D eigenvalue weighted by Crippen LogP contribution is 2.28. The summed E-state index contributed by atoms with van der Waals surface area (Å²) in [5, 5.41) is 3.63. The summed E-state index contributed by atoms with van der Waals surface area (Å²) in [7, 11) is 0. The number of nitrogens with one attached hydrogen (secondary N) is 1. The zero-order valence-electron chi connectivity index (χ0n) is 9.94. The standard InChI is InChI=1S/C11H20N2O3/c1-3-15-11(14)13-12-8-16-9(2)10-6-4-5-7-10/h8-10H,3-7H2,1-2H3,(H,13,14)/b12-8+. The van der Waals surface area contributed by atoms with Crippen LogP contribution < -0.4 is 5.43 Å². The van der Waals surface area contributed by atoms with Crippen LogP contribution in [0.15, 0.2) is 5.10 Å². The van der Waals surface area contributed by atoms with Crippen molar-refractivity contribution in [3.8, 4) is 0 Å². The second-order valence-electron chi connectivity index (χ2n) is 3.95. The SMILES string of the molecule is CCOC(=O)N/N=C/OC(C)C1CCCC1. The summed E-state index contributed by atoms with van der Waals surface area (Å²) in [6.45, 7) is 4.11. The molecule has 0 aromatic rings. The van der Waals surface area contributed by atoms with Crippen LogP contribution >= 0.6 is 0 Å². The van der Waals surface area contributed by atoms with Gasteiger partial charge >= 0.3 is 6.09 Å². The van der Waals surface area contributed by atoms with Crippen LogP contribution in [0.4, 0.5) is 4.79 Å². The fraction of sp³-hybridized carbons (Fsp3) is 0.818. The summed E-state index contributed by atoms with van der Waals surface area (Å²) >= 11 is 0. The number of rotatable bonds is 5. The molecule has 0 spiro atoms. The molecule has 92 valence electrons. The first-order chi connectivity index (χ1) is 7.74. The van der Waals surface area contributed by atoms with Crippen molar-refractivity contribution in [1.82, 2.24) is 5.43 Å². The summed E-state index contributed by atoms with van der Waals surface area (Å²) in [5.74, 6) is 0.619. The van der Waals surface area contributed by atoms with Crippen molar-refractivity contribution in [1.29, 1.82) is 0 Å². The Morgan fingerprint density at radius 3 is 2.88 bits per heavy atom. The lowest BCUT2D eigenvalue weighted by Crippen LogP contribution is -2.21. The van der Waals surface area contributed by atoms with Gasteiger partial charge in [0.05, 0.1) is 12.7 Å². The topological polar surface area (TPSA) is 59.9 Å². The first kappa shape index (κ1) is 12.8. The van der Waals surface area contributed by atoms with Gasteiger partial charge in [-0.15, -0.1) is 5.10 Å². The molecule has 0 aliphatic heterocycles. The van der Waals surface area contributed by atoms with E-state index in [-0.39, 0.29) is 6.10 Å². The molecule has 5 heteroatoms. The number of carbonyl (C=O) groups excluding carboxylic acids is 1. The number of hydrogen-bond donors (Lipinski definition) is 1. The van der Waals surface area contributed by atoms with Crippen LogP contribution in [0.2, 0.25) is 0 Å². The predicted molar refractivity (Wildman–Crippen MR) is 61.2 cm³/mol. The maximum atomic E-state index is 10.8. The van der Waals surface area contributed by atoms with E-state index in [1.807, 2.05) is 6.92 Å². The smallest absolute Gasteiger partial charge is 0.427 e. The highest BCUT2D eigenvalue weighted by molar-refractivity contribution is 5.67. The number of hydrogen-bond acceptors (Lipinski definition) is 4. The third-order valence-electron chi connectivity index (χ3n) is 2.82. The van der Waals surface area contributed by atoms with Crippen LogP contribution in [0.5, 0.6) is 0 Å². The van der Waals surface area contributed by atoms with Crippen LogP contribution in [-0.4, -0.2) is 25.2 Å². The largest absolute Gasteiger partial charge is 0.479 e. The van der Waals surface area contributed by atoms with Gasteiger partial charge in [0, 0.05) is 0 Å². The lowest BCUT2D eigenvalue weighted by atomic mass is 10.0. The molecule has 0 heterocycles. The summed E-state index contributed by atoms with van der Waals surface area (Å²) < 4.78 is 10.0. The van der Waals surface area contributed by atoms with Gasteiger partial charge in [0.1, 0.15) is 0 Å². The Balaban J connectivity index is 2.12. The number of hydrazone groups is 1. The molecule has 16 heavy (non-hydrogen) atoms. The van der Waals surface area contributed by atoms with E-state index in [2.05, 4.69) is 15.3 Å². The Morgan fingerprint density at radius 1 is 1.56 bits per heavy atom. The van der Waals surface area contributed by atoms with E-state index in [1.54, 1.807) is 6.92 Å². The number of nitrogens with zero attached hydrogens (tertiary/aromatic N) is 1. The van der Waals surface area contributed by atoms with Gasteiger partial charge in [-0.1, -0.05) is 12.8 Å².